The molecule has 0 aliphatic rings. The highest BCUT2D eigenvalue weighted by atomic mass is 28.3. The van der Waals surface area contributed by atoms with Gasteiger partial charge in [-0.2, -0.15) is 13.2 Å². The summed E-state index contributed by atoms with van der Waals surface area (Å²) < 4.78 is 41.8. The van der Waals surface area contributed by atoms with Crippen LogP contribution in [0.1, 0.15) is 0 Å². The smallest absolute Gasteiger partial charge is 0.167 e. The summed E-state index contributed by atoms with van der Waals surface area (Å²) in [4.78, 5) is 0. The summed E-state index contributed by atoms with van der Waals surface area (Å²) in [7, 11) is -5.16. The third-order valence-electron chi connectivity index (χ3n) is 4.50. The van der Waals surface area contributed by atoms with Crippen molar-refractivity contribution in [3.05, 3.63) is 71.6 Å². The third-order valence-corrected chi connectivity index (χ3v) is 11.2. The molecule has 0 spiro atoms. The zero-order chi connectivity index (χ0) is 18.0. The van der Waals surface area contributed by atoms with Crippen LogP contribution < -0.4 is 10.4 Å². The second-order valence-electron chi connectivity index (χ2n) is 7.13. The van der Waals surface area contributed by atoms with Crippen molar-refractivity contribution < 1.29 is 13.2 Å². The predicted octanol–water partition coefficient (Wildman–Crippen LogP) is 4.78. The number of alkyl halides is 3. The maximum Gasteiger partial charge on any atom is 0.408 e. The number of hydrogen-bond donors (Lipinski definition) is 0. The second-order valence-corrected chi connectivity index (χ2v) is 15.8. The fourth-order valence-electron chi connectivity index (χ4n) is 2.94. The fraction of sp³-hybridized carbons (Fsp3) is 0.263. The van der Waals surface area contributed by atoms with Gasteiger partial charge in [-0.3, -0.25) is 0 Å². The summed E-state index contributed by atoms with van der Waals surface area (Å²) in [6.07, 6.45) is -4.30. The molecule has 5 heteroatoms. The molecule has 2 aromatic carbocycles. The summed E-state index contributed by atoms with van der Waals surface area (Å²) >= 11 is 0. The number of benzene rings is 2. The quantitative estimate of drug-likeness (QED) is 0.685. The van der Waals surface area contributed by atoms with E-state index in [1.165, 1.54) is 0 Å². The molecule has 0 saturated heterocycles. The molecule has 128 valence electrons. The van der Waals surface area contributed by atoms with E-state index in [2.05, 4.69) is 0 Å². The Bertz CT molecular complexity index is 702. The van der Waals surface area contributed by atoms with Crippen LogP contribution in [0.3, 0.4) is 0 Å². The largest absolute Gasteiger partial charge is 0.408 e. The highest BCUT2D eigenvalue weighted by Crippen LogP contribution is 2.34. The van der Waals surface area contributed by atoms with E-state index in [4.69, 9.17) is 0 Å². The minimum Gasteiger partial charge on any atom is -0.167 e. The molecule has 0 radical (unpaired) electrons. The van der Waals surface area contributed by atoms with E-state index >= 15 is 0 Å². The summed E-state index contributed by atoms with van der Waals surface area (Å²) in [6.45, 7) is 7.53. The zero-order valence-electron chi connectivity index (χ0n) is 14.5. The Morgan fingerprint density at radius 1 is 0.750 bits per heavy atom. The Balaban J connectivity index is 2.58. The van der Waals surface area contributed by atoms with Crippen LogP contribution in [0.2, 0.25) is 26.2 Å². The number of allylic oxidation sites excluding steroid dienone is 1. The SMILES string of the molecule is C[Si](C)(/C=C(\C(F)(F)F)[Si](C)(C)c1ccccc1)c1ccccc1. The van der Waals surface area contributed by atoms with Crippen LogP contribution in [-0.4, -0.2) is 22.3 Å². The Morgan fingerprint density at radius 2 is 1.17 bits per heavy atom. The normalized spacial score (nSPS) is 13.9. The minimum atomic E-state index is -4.30. The number of rotatable bonds is 4. The number of hydrogen-bond acceptors (Lipinski definition) is 0. The first-order valence-corrected chi connectivity index (χ1v) is 14.0. The third kappa shape index (κ3) is 4.08. The highest BCUT2D eigenvalue weighted by molar-refractivity contribution is 7.00. The lowest BCUT2D eigenvalue weighted by molar-refractivity contribution is -0.0854. The second kappa shape index (κ2) is 6.72. The molecule has 0 atom stereocenters. The molecule has 0 amide bonds. The minimum absolute atomic E-state index is 0.318. The number of halogens is 3. The van der Waals surface area contributed by atoms with Crippen LogP contribution in [0, 0.1) is 0 Å². The molecule has 0 N–H and O–H groups in total. The zero-order valence-corrected chi connectivity index (χ0v) is 16.5. The average molecular weight is 365 g/mol. The summed E-state index contributed by atoms with van der Waals surface area (Å²) in [5.74, 6) is 0. The lowest BCUT2D eigenvalue weighted by Gasteiger charge is -2.31. The van der Waals surface area contributed by atoms with Crippen LogP contribution >= 0.6 is 0 Å². The molecule has 0 aromatic heterocycles. The maximum atomic E-state index is 13.9. The molecule has 2 rings (SSSR count). The molecule has 0 aliphatic carbocycles. The molecule has 0 aliphatic heterocycles. The van der Waals surface area contributed by atoms with Gasteiger partial charge in [-0.25, -0.2) is 0 Å². The van der Waals surface area contributed by atoms with Crippen molar-refractivity contribution >= 4 is 26.5 Å². The highest BCUT2D eigenvalue weighted by Gasteiger charge is 2.46. The van der Waals surface area contributed by atoms with Crippen molar-refractivity contribution in [2.75, 3.05) is 0 Å². The predicted molar refractivity (Wildman–Crippen MR) is 101 cm³/mol. The van der Waals surface area contributed by atoms with Gasteiger partial charge in [0.1, 0.15) is 16.1 Å². The molecule has 0 unspecified atom stereocenters. The van der Waals surface area contributed by atoms with Gasteiger partial charge in [0.25, 0.3) is 0 Å². The first-order chi connectivity index (χ1) is 11.0. The Hall–Kier alpha value is -1.60. The molecule has 0 heterocycles. The summed E-state index contributed by atoms with van der Waals surface area (Å²) in [6, 6.07) is 18.7. The molecule has 2 aromatic rings. The molecule has 24 heavy (non-hydrogen) atoms. The van der Waals surface area contributed by atoms with Gasteiger partial charge in [-0.05, 0) is 0 Å². The lowest BCUT2D eigenvalue weighted by atomic mass is 10.4. The average Bonchev–Trinajstić information content (AvgIpc) is 2.53. The standard InChI is InChI=1S/C19H23F3Si2/c1-23(2,16-11-7-5-8-12-16)15-18(19(20,21)22)24(3,4)17-13-9-6-10-14-17/h5-15H,1-4H3/b18-15+. The van der Waals surface area contributed by atoms with E-state index in [0.717, 1.165) is 10.4 Å². The summed E-state index contributed by atoms with van der Waals surface area (Å²) in [5.41, 5.74) is 1.57. The van der Waals surface area contributed by atoms with Crippen molar-refractivity contribution in [3.63, 3.8) is 0 Å². The van der Waals surface area contributed by atoms with E-state index in [1.54, 1.807) is 18.8 Å². The van der Waals surface area contributed by atoms with Crippen LogP contribution in [0.4, 0.5) is 13.2 Å². The topological polar surface area (TPSA) is 0 Å². The summed E-state index contributed by atoms with van der Waals surface area (Å²) in [5, 5.41) is 1.51. The maximum absolute atomic E-state index is 13.9. The monoisotopic (exact) mass is 364 g/mol. The van der Waals surface area contributed by atoms with Gasteiger partial charge in [-0.1, -0.05) is 103 Å². The lowest BCUT2D eigenvalue weighted by Crippen LogP contribution is -2.51. The first-order valence-electron chi connectivity index (χ1n) is 7.97. The van der Waals surface area contributed by atoms with Gasteiger partial charge in [-0.15, -0.1) is 0 Å². The van der Waals surface area contributed by atoms with E-state index in [9.17, 15) is 13.2 Å². The van der Waals surface area contributed by atoms with Crippen molar-refractivity contribution in [3.8, 4) is 0 Å². The van der Waals surface area contributed by atoms with Crippen LogP contribution in [-0.2, 0) is 0 Å². The first kappa shape index (κ1) is 18.7. The Labute approximate surface area is 144 Å². The molecular formula is C19H23F3Si2. The molecule has 0 nitrogen and oxygen atoms in total. The van der Waals surface area contributed by atoms with Crippen molar-refractivity contribution in [2.45, 2.75) is 32.4 Å². The van der Waals surface area contributed by atoms with Crippen LogP contribution in [0.25, 0.3) is 0 Å². The van der Waals surface area contributed by atoms with Crippen molar-refractivity contribution in [2.24, 2.45) is 0 Å². The van der Waals surface area contributed by atoms with Gasteiger partial charge in [0.05, 0.1) is 0 Å². The Kier molecular flexibility index (Phi) is 5.25. The molecule has 0 fully saturated rings. The van der Waals surface area contributed by atoms with Gasteiger partial charge < -0.3 is 0 Å². The molecule has 0 saturated carbocycles. The van der Waals surface area contributed by atoms with E-state index in [1.807, 2.05) is 73.8 Å². The fourth-order valence-corrected chi connectivity index (χ4v) is 9.61. The van der Waals surface area contributed by atoms with Gasteiger partial charge in [0, 0.05) is 5.20 Å². The Morgan fingerprint density at radius 3 is 1.58 bits per heavy atom. The van der Waals surface area contributed by atoms with E-state index in [0.29, 0.717) is 0 Å². The van der Waals surface area contributed by atoms with E-state index in [-0.39, 0.29) is 5.20 Å². The van der Waals surface area contributed by atoms with E-state index < -0.39 is 22.3 Å². The van der Waals surface area contributed by atoms with Crippen LogP contribution in [0.5, 0.6) is 0 Å². The van der Waals surface area contributed by atoms with Crippen molar-refractivity contribution in [1.82, 2.24) is 0 Å². The van der Waals surface area contributed by atoms with Gasteiger partial charge in [0.2, 0.25) is 0 Å². The van der Waals surface area contributed by atoms with Crippen LogP contribution in [0.15, 0.2) is 71.6 Å². The van der Waals surface area contributed by atoms with Gasteiger partial charge >= 0.3 is 6.18 Å². The molecular weight excluding hydrogens is 341 g/mol. The molecule has 0 bridgehead atoms. The van der Waals surface area contributed by atoms with Crippen molar-refractivity contribution in [1.29, 1.82) is 0 Å². The van der Waals surface area contributed by atoms with Gasteiger partial charge in [0.15, 0.2) is 0 Å².